The fourth-order valence-corrected chi connectivity index (χ4v) is 4.39. The van der Waals surface area contributed by atoms with Gasteiger partial charge in [0.25, 0.3) is 0 Å². The summed E-state index contributed by atoms with van der Waals surface area (Å²) in [6, 6.07) is 8.86. The summed E-state index contributed by atoms with van der Waals surface area (Å²) >= 11 is 0. The number of nitrogens with zero attached hydrogens (tertiary/aromatic N) is 2. The lowest BCUT2D eigenvalue weighted by Crippen LogP contribution is -2.51. The molecule has 3 amide bonds. The highest BCUT2D eigenvalue weighted by atomic mass is 16.7. The highest BCUT2D eigenvalue weighted by molar-refractivity contribution is 5.92. The summed E-state index contributed by atoms with van der Waals surface area (Å²) in [4.78, 5) is 44.8. The number of hydrogen-bond acceptors (Lipinski definition) is 4. The van der Waals surface area contributed by atoms with Crippen molar-refractivity contribution in [3.05, 3.63) is 35.9 Å². The van der Waals surface area contributed by atoms with Crippen LogP contribution in [-0.2, 0) is 21.0 Å². The minimum Gasteiger partial charge on any atom is -0.347 e. The van der Waals surface area contributed by atoms with Crippen molar-refractivity contribution in [1.82, 2.24) is 15.3 Å². The average molecular weight is 385 g/mol. The number of benzene rings is 1. The topological polar surface area (TPSA) is 79.0 Å². The highest BCUT2D eigenvalue weighted by Crippen LogP contribution is 2.33. The molecule has 3 fully saturated rings. The quantitative estimate of drug-likeness (QED) is 0.780. The van der Waals surface area contributed by atoms with Crippen molar-refractivity contribution in [2.75, 3.05) is 13.1 Å². The maximum atomic E-state index is 12.7. The standard InChI is InChI=1S/C21H27N3O4/c1-14-9-16(10-14)19(25)11-22-20(26)18-8-7-17-12-23(18)21(27)24(17)28-13-15-5-3-2-4-6-15/h2-6,14,16-18H,7-13H2,1H3,(H,22,26)/t14-,16+,17-,18+/m1/s1. The number of nitrogens with one attached hydrogen (secondary N) is 1. The Morgan fingerprint density at radius 1 is 1.18 bits per heavy atom. The molecule has 2 heterocycles. The van der Waals surface area contributed by atoms with Crippen molar-refractivity contribution in [2.45, 2.75) is 51.3 Å². The Hall–Kier alpha value is -2.41. The van der Waals surface area contributed by atoms with Crippen LogP contribution in [-0.4, -0.2) is 52.9 Å². The summed E-state index contributed by atoms with van der Waals surface area (Å²) in [5.41, 5.74) is 0.991. The Labute approximate surface area is 165 Å². The molecule has 1 aromatic rings. The van der Waals surface area contributed by atoms with E-state index in [1.54, 1.807) is 4.90 Å². The van der Waals surface area contributed by atoms with Crippen LogP contribution in [0.25, 0.3) is 0 Å². The number of piperidine rings is 1. The Morgan fingerprint density at radius 3 is 2.64 bits per heavy atom. The van der Waals surface area contributed by atoms with Gasteiger partial charge in [0.15, 0.2) is 5.78 Å². The van der Waals surface area contributed by atoms with Crippen LogP contribution >= 0.6 is 0 Å². The summed E-state index contributed by atoms with van der Waals surface area (Å²) in [6.07, 6.45) is 3.13. The van der Waals surface area contributed by atoms with Crippen LogP contribution in [0.2, 0.25) is 0 Å². The van der Waals surface area contributed by atoms with Gasteiger partial charge in [0.1, 0.15) is 12.6 Å². The number of rotatable bonds is 7. The SMILES string of the molecule is C[C@H]1C[C@@H](C(=O)CNC(=O)[C@@H]2CC[C@@H]3CN2C(=O)N3OCc2ccccc2)C1. The van der Waals surface area contributed by atoms with Crippen LogP contribution in [0.4, 0.5) is 4.79 Å². The van der Waals surface area contributed by atoms with Crippen LogP contribution in [0.5, 0.6) is 0 Å². The van der Waals surface area contributed by atoms with Crippen molar-refractivity contribution in [1.29, 1.82) is 0 Å². The largest absolute Gasteiger partial charge is 0.347 e. The zero-order valence-corrected chi connectivity index (χ0v) is 16.2. The number of amides is 3. The van der Waals surface area contributed by atoms with E-state index < -0.39 is 6.04 Å². The smallest absolute Gasteiger partial charge is 0.345 e. The molecule has 2 atom stereocenters. The third-order valence-corrected chi connectivity index (χ3v) is 6.10. The second-order valence-corrected chi connectivity index (χ2v) is 8.22. The summed E-state index contributed by atoms with van der Waals surface area (Å²) < 4.78 is 0. The van der Waals surface area contributed by atoms with E-state index in [1.807, 2.05) is 30.3 Å². The number of urea groups is 1. The number of carbonyl (C=O) groups is 3. The first-order chi connectivity index (χ1) is 13.5. The Balaban J connectivity index is 1.30. The zero-order valence-electron chi connectivity index (χ0n) is 16.2. The van der Waals surface area contributed by atoms with Crippen molar-refractivity contribution in [3.63, 3.8) is 0 Å². The maximum Gasteiger partial charge on any atom is 0.345 e. The number of carbonyl (C=O) groups excluding carboxylic acids is 3. The molecule has 7 heteroatoms. The minimum absolute atomic E-state index is 0.0293. The third kappa shape index (κ3) is 3.76. The van der Waals surface area contributed by atoms with E-state index >= 15 is 0 Å². The molecular formula is C21H27N3O4. The number of fused-ring (bicyclic) bond motifs is 2. The van der Waals surface area contributed by atoms with Gasteiger partial charge in [-0.15, -0.1) is 0 Å². The molecule has 1 aliphatic carbocycles. The first-order valence-corrected chi connectivity index (χ1v) is 10.1. The van der Waals surface area contributed by atoms with Crippen LogP contribution in [0.3, 0.4) is 0 Å². The lowest BCUT2D eigenvalue weighted by molar-refractivity contribution is -0.140. The summed E-state index contributed by atoms with van der Waals surface area (Å²) in [6.45, 7) is 3.00. The lowest BCUT2D eigenvalue weighted by atomic mass is 9.74. The Kier molecular flexibility index (Phi) is 5.35. The molecule has 2 bridgehead atoms. The van der Waals surface area contributed by atoms with Gasteiger partial charge in [0.05, 0.1) is 12.6 Å². The van der Waals surface area contributed by atoms with Crippen molar-refractivity contribution in [2.24, 2.45) is 11.8 Å². The van der Waals surface area contributed by atoms with Gasteiger partial charge in [0, 0.05) is 12.5 Å². The molecule has 2 aliphatic heterocycles. The summed E-state index contributed by atoms with van der Waals surface area (Å²) in [7, 11) is 0. The average Bonchev–Trinajstić information content (AvgIpc) is 2.92. The molecule has 1 saturated carbocycles. The lowest BCUT2D eigenvalue weighted by Gasteiger charge is -2.32. The van der Waals surface area contributed by atoms with Crippen molar-refractivity contribution >= 4 is 17.7 Å². The number of hydroxylamine groups is 2. The normalized spacial score (nSPS) is 28.8. The highest BCUT2D eigenvalue weighted by Gasteiger charge is 2.48. The first kappa shape index (κ1) is 18.9. The fourth-order valence-electron chi connectivity index (χ4n) is 4.39. The number of hydrogen-bond donors (Lipinski definition) is 1. The van der Waals surface area contributed by atoms with E-state index in [0.717, 1.165) is 18.4 Å². The predicted octanol–water partition coefficient (Wildman–Crippen LogP) is 2.12. The summed E-state index contributed by atoms with van der Waals surface area (Å²) in [5.74, 6) is 0.545. The Morgan fingerprint density at radius 2 is 1.93 bits per heavy atom. The molecule has 0 unspecified atom stereocenters. The second kappa shape index (κ2) is 7.91. The van der Waals surface area contributed by atoms with Crippen LogP contribution in [0.15, 0.2) is 30.3 Å². The van der Waals surface area contributed by atoms with Crippen molar-refractivity contribution < 1.29 is 19.2 Å². The molecular weight excluding hydrogens is 358 g/mol. The molecule has 4 rings (SSSR count). The fraction of sp³-hybridized carbons (Fsp3) is 0.571. The zero-order chi connectivity index (χ0) is 19.7. The third-order valence-electron chi connectivity index (χ3n) is 6.10. The molecule has 28 heavy (non-hydrogen) atoms. The van der Waals surface area contributed by atoms with E-state index in [-0.39, 0.29) is 36.2 Å². The predicted molar refractivity (Wildman–Crippen MR) is 102 cm³/mol. The van der Waals surface area contributed by atoms with Gasteiger partial charge in [-0.05, 0) is 37.2 Å². The summed E-state index contributed by atoms with van der Waals surface area (Å²) in [5, 5.41) is 4.17. The van der Waals surface area contributed by atoms with Gasteiger partial charge in [-0.1, -0.05) is 37.3 Å². The van der Waals surface area contributed by atoms with E-state index in [9.17, 15) is 14.4 Å². The van der Waals surface area contributed by atoms with Gasteiger partial charge in [-0.2, -0.15) is 5.06 Å². The van der Waals surface area contributed by atoms with Gasteiger partial charge in [-0.3, -0.25) is 14.4 Å². The van der Waals surface area contributed by atoms with Gasteiger partial charge in [-0.25, -0.2) is 4.79 Å². The maximum absolute atomic E-state index is 12.7. The molecule has 0 aromatic heterocycles. The molecule has 3 aliphatic rings. The van der Waals surface area contributed by atoms with Crippen LogP contribution in [0.1, 0.15) is 38.2 Å². The molecule has 7 nitrogen and oxygen atoms in total. The number of ketones is 1. The van der Waals surface area contributed by atoms with Gasteiger partial charge < -0.3 is 10.2 Å². The van der Waals surface area contributed by atoms with E-state index in [2.05, 4.69) is 12.2 Å². The van der Waals surface area contributed by atoms with Gasteiger partial charge >= 0.3 is 6.03 Å². The number of Topliss-reactive ketones (excluding diaryl/α,β-unsaturated/α-hetero) is 1. The van der Waals surface area contributed by atoms with Crippen LogP contribution in [0, 0.1) is 11.8 Å². The van der Waals surface area contributed by atoms with E-state index in [4.69, 9.17) is 4.84 Å². The van der Waals surface area contributed by atoms with E-state index in [0.29, 0.717) is 31.9 Å². The van der Waals surface area contributed by atoms with Crippen LogP contribution < -0.4 is 5.32 Å². The van der Waals surface area contributed by atoms with Crippen molar-refractivity contribution in [3.8, 4) is 0 Å². The molecule has 1 aromatic carbocycles. The monoisotopic (exact) mass is 385 g/mol. The molecule has 150 valence electrons. The second-order valence-electron chi connectivity index (χ2n) is 8.22. The van der Waals surface area contributed by atoms with E-state index in [1.165, 1.54) is 5.06 Å². The molecule has 0 radical (unpaired) electrons. The molecule has 0 spiro atoms. The Bertz CT molecular complexity index is 747. The van der Waals surface area contributed by atoms with Gasteiger partial charge in [0.2, 0.25) is 5.91 Å². The first-order valence-electron chi connectivity index (χ1n) is 10.1. The molecule has 2 saturated heterocycles. The molecule has 1 N–H and O–H groups in total. The minimum atomic E-state index is -0.526.